The highest BCUT2D eigenvalue weighted by molar-refractivity contribution is 6.27. The van der Waals surface area contributed by atoms with E-state index in [4.69, 9.17) is 19.8 Å². The molecule has 152 valence electrons. The van der Waals surface area contributed by atoms with Crippen molar-refractivity contribution < 1.29 is 19.8 Å². The number of imidazole rings is 1. The summed E-state index contributed by atoms with van der Waals surface area (Å²) < 4.78 is 2.10. The molecule has 3 N–H and O–H groups in total. The Bertz CT molecular complexity index is 949. The Morgan fingerprint density at radius 1 is 0.966 bits per heavy atom. The maximum Gasteiger partial charge on any atom is 0.414 e. The Balaban J connectivity index is 0.000000438. The minimum atomic E-state index is -1.82. The maximum absolute atomic E-state index is 9.10. The number of hydrogen-bond donors (Lipinski definition) is 3. The highest BCUT2D eigenvalue weighted by Gasteiger charge is 2.08. The number of nitrogens with one attached hydrogen (secondary N) is 1. The predicted molar refractivity (Wildman–Crippen MR) is 112 cm³/mol. The summed E-state index contributed by atoms with van der Waals surface area (Å²) in [6, 6.07) is 17.3. The van der Waals surface area contributed by atoms with E-state index in [1.807, 2.05) is 13.2 Å². The molecule has 0 amide bonds. The van der Waals surface area contributed by atoms with Gasteiger partial charge in [-0.3, -0.25) is 0 Å². The van der Waals surface area contributed by atoms with Crippen LogP contribution in [-0.2, 0) is 29.6 Å². The SMILES string of the molecule is CCc1ccc(CNc2ncc(-c3ccc(C)cc3)n2C)cc1.O=C(O)C(=O)O. The van der Waals surface area contributed by atoms with Crippen molar-refractivity contribution in [3.8, 4) is 11.3 Å². The average Bonchev–Trinajstić information content (AvgIpc) is 3.08. The van der Waals surface area contributed by atoms with Crippen molar-refractivity contribution in [3.05, 3.63) is 71.4 Å². The molecule has 0 aliphatic carbocycles. The van der Waals surface area contributed by atoms with Crippen LogP contribution in [0.3, 0.4) is 0 Å². The van der Waals surface area contributed by atoms with Crippen molar-refractivity contribution in [3.63, 3.8) is 0 Å². The number of benzene rings is 2. The molecule has 1 heterocycles. The first-order valence-electron chi connectivity index (χ1n) is 9.18. The molecule has 0 spiro atoms. The summed E-state index contributed by atoms with van der Waals surface area (Å²) >= 11 is 0. The molecule has 1 aromatic heterocycles. The van der Waals surface area contributed by atoms with E-state index in [-0.39, 0.29) is 0 Å². The van der Waals surface area contributed by atoms with Crippen LogP contribution in [0.2, 0.25) is 0 Å². The fraction of sp³-hybridized carbons (Fsp3) is 0.227. The van der Waals surface area contributed by atoms with Gasteiger partial charge in [0, 0.05) is 13.6 Å². The van der Waals surface area contributed by atoms with Crippen molar-refractivity contribution in [1.29, 1.82) is 0 Å². The van der Waals surface area contributed by atoms with Gasteiger partial charge < -0.3 is 20.1 Å². The van der Waals surface area contributed by atoms with Gasteiger partial charge in [0.25, 0.3) is 0 Å². The van der Waals surface area contributed by atoms with Crippen molar-refractivity contribution in [1.82, 2.24) is 9.55 Å². The summed E-state index contributed by atoms with van der Waals surface area (Å²) in [6.07, 6.45) is 3.00. The quantitative estimate of drug-likeness (QED) is 0.569. The lowest BCUT2D eigenvalue weighted by molar-refractivity contribution is -0.159. The lowest BCUT2D eigenvalue weighted by Crippen LogP contribution is -2.09. The number of anilines is 1. The van der Waals surface area contributed by atoms with E-state index in [0.717, 1.165) is 24.6 Å². The molecule has 2 aromatic carbocycles. The lowest BCUT2D eigenvalue weighted by Gasteiger charge is -2.09. The van der Waals surface area contributed by atoms with E-state index < -0.39 is 11.9 Å². The van der Waals surface area contributed by atoms with Gasteiger partial charge in [-0.25, -0.2) is 14.6 Å². The normalized spacial score (nSPS) is 10.0. The standard InChI is InChI=1S/C20H23N3.C2H2O4/c1-4-16-7-9-17(10-8-16)13-21-20-22-14-19(23(20)3)18-11-5-15(2)6-12-18;3-1(4)2(5)6/h5-12,14H,4,13H2,1-3H3,(H,21,22);(H,3,4)(H,5,6). The number of hydrogen-bond acceptors (Lipinski definition) is 4. The highest BCUT2D eigenvalue weighted by atomic mass is 16.4. The Kier molecular flexibility index (Phi) is 7.54. The van der Waals surface area contributed by atoms with Gasteiger partial charge >= 0.3 is 11.9 Å². The van der Waals surface area contributed by atoms with Crippen molar-refractivity contribution in [2.75, 3.05) is 5.32 Å². The molecule has 0 unspecified atom stereocenters. The maximum atomic E-state index is 9.10. The number of rotatable bonds is 5. The number of carbonyl (C=O) groups is 2. The van der Waals surface area contributed by atoms with Crippen LogP contribution in [0, 0.1) is 6.92 Å². The first kappa shape index (κ1) is 21.7. The molecule has 0 saturated carbocycles. The first-order valence-corrected chi connectivity index (χ1v) is 9.18. The zero-order valence-electron chi connectivity index (χ0n) is 16.7. The predicted octanol–water partition coefficient (Wildman–Crippen LogP) is 3.73. The van der Waals surface area contributed by atoms with Crippen LogP contribution in [0.1, 0.15) is 23.6 Å². The Morgan fingerprint density at radius 3 is 2.03 bits per heavy atom. The summed E-state index contributed by atoms with van der Waals surface area (Å²) in [5.74, 6) is -2.76. The van der Waals surface area contributed by atoms with Gasteiger partial charge in [0.05, 0.1) is 11.9 Å². The number of carboxylic acid groups (broad SMARTS) is 2. The minimum Gasteiger partial charge on any atom is -0.473 e. The third kappa shape index (κ3) is 6.21. The molecule has 0 aliphatic heterocycles. The zero-order valence-corrected chi connectivity index (χ0v) is 16.7. The number of carboxylic acids is 2. The van der Waals surface area contributed by atoms with Gasteiger partial charge in [-0.1, -0.05) is 61.0 Å². The van der Waals surface area contributed by atoms with E-state index >= 15 is 0 Å². The van der Waals surface area contributed by atoms with E-state index in [2.05, 4.69) is 77.2 Å². The molecule has 0 bridgehead atoms. The fourth-order valence-electron chi connectivity index (χ4n) is 2.64. The van der Waals surface area contributed by atoms with Gasteiger partial charge in [-0.2, -0.15) is 0 Å². The van der Waals surface area contributed by atoms with Crippen LogP contribution in [-0.4, -0.2) is 31.7 Å². The van der Waals surface area contributed by atoms with E-state index in [0.29, 0.717) is 0 Å². The largest absolute Gasteiger partial charge is 0.473 e. The highest BCUT2D eigenvalue weighted by Crippen LogP contribution is 2.22. The summed E-state index contributed by atoms with van der Waals surface area (Å²) in [5, 5.41) is 18.2. The smallest absolute Gasteiger partial charge is 0.414 e. The van der Waals surface area contributed by atoms with Crippen molar-refractivity contribution in [2.45, 2.75) is 26.8 Å². The second kappa shape index (κ2) is 10.1. The van der Waals surface area contributed by atoms with Gasteiger partial charge in [-0.15, -0.1) is 0 Å². The number of aromatic nitrogens is 2. The Labute approximate surface area is 169 Å². The molecule has 0 radical (unpaired) electrons. The second-order valence-corrected chi connectivity index (χ2v) is 6.53. The number of aryl methyl sites for hydroxylation is 2. The van der Waals surface area contributed by atoms with E-state index in [1.165, 1.54) is 22.3 Å². The zero-order chi connectivity index (χ0) is 21.4. The molecule has 0 atom stereocenters. The van der Waals surface area contributed by atoms with E-state index in [1.54, 1.807) is 0 Å². The van der Waals surface area contributed by atoms with Gasteiger partial charge in [0.1, 0.15) is 0 Å². The second-order valence-electron chi connectivity index (χ2n) is 6.53. The molecule has 29 heavy (non-hydrogen) atoms. The molecule has 3 rings (SSSR count). The lowest BCUT2D eigenvalue weighted by atomic mass is 10.1. The Morgan fingerprint density at radius 2 is 1.52 bits per heavy atom. The monoisotopic (exact) mass is 395 g/mol. The third-order valence-corrected chi connectivity index (χ3v) is 4.40. The van der Waals surface area contributed by atoms with Gasteiger partial charge in [0.2, 0.25) is 5.95 Å². The summed E-state index contributed by atoms with van der Waals surface area (Å²) in [4.78, 5) is 22.7. The molecule has 3 aromatic rings. The van der Waals surface area contributed by atoms with Crippen molar-refractivity contribution in [2.24, 2.45) is 7.05 Å². The van der Waals surface area contributed by atoms with Gasteiger partial charge in [0.15, 0.2) is 0 Å². The molecule has 0 saturated heterocycles. The molecule has 7 heteroatoms. The fourth-order valence-corrected chi connectivity index (χ4v) is 2.64. The number of aliphatic carboxylic acids is 2. The third-order valence-electron chi connectivity index (χ3n) is 4.40. The van der Waals surface area contributed by atoms with Gasteiger partial charge in [-0.05, 0) is 30.0 Å². The van der Waals surface area contributed by atoms with Crippen molar-refractivity contribution >= 4 is 17.9 Å². The molecular formula is C22H25N3O4. The average molecular weight is 395 g/mol. The van der Waals surface area contributed by atoms with Crippen LogP contribution in [0.15, 0.2) is 54.7 Å². The molecule has 0 fully saturated rings. The minimum absolute atomic E-state index is 0.780. The van der Waals surface area contributed by atoms with Crippen LogP contribution >= 0.6 is 0 Å². The van der Waals surface area contributed by atoms with E-state index in [9.17, 15) is 0 Å². The molecule has 0 aliphatic rings. The summed E-state index contributed by atoms with van der Waals surface area (Å²) in [7, 11) is 2.05. The molecule has 7 nitrogen and oxygen atoms in total. The summed E-state index contributed by atoms with van der Waals surface area (Å²) in [5.41, 5.74) is 6.21. The van der Waals surface area contributed by atoms with Crippen LogP contribution in [0.25, 0.3) is 11.3 Å². The van der Waals surface area contributed by atoms with Crippen LogP contribution in [0.5, 0.6) is 0 Å². The van der Waals surface area contributed by atoms with Crippen LogP contribution < -0.4 is 5.32 Å². The Hall–Kier alpha value is -3.61. The first-order chi connectivity index (χ1) is 13.8. The summed E-state index contributed by atoms with van der Waals surface area (Å²) in [6.45, 7) is 5.06. The number of nitrogens with zero attached hydrogens (tertiary/aromatic N) is 2. The van der Waals surface area contributed by atoms with Crippen LogP contribution in [0.4, 0.5) is 5.95 Å². The topological polar surface area (TPSA) is 104 Å². The molecular weight excluding hydrogens is 370 g/mol.